The molecule has 1 aliphatic rings. The number of hydrogen-bond acceptors (Lipinski definition) is 3. The third-order valence-corrected chi connectivity index (χ3v) is 13.4. The van der Waals surface area contributed by atoms with Crippen LogP contribution in [0.1, 0.15) is 22.3 Å². The van der Waals surface area contributed by atoms with Gasteiger partial charge in [-0.15, -0.1) is 0 Å². The highest BCUT2D eigenvalue weighted by molar-refractivity contribution is 6.08. The van der Waals surface area contributed by atoms with E-state index < -0.39 is 5.41 Å². The van der Waals surface area contributed by atoms with E-state index in [0.29, 0.717) is 0 Å². The molecule has 3 nitrogen and oxygen atoms in total. The second-order valence-corrected chi connectivity index (χ2v) is 16.8. The Morgan fingerprint density at radius 3 is 1.44 bits per heavy atom. The van der Waals surface area contributed by atoms with E-state index in [1.807, 2.05) is 24.3 Å². The van der Waals surface area contributed by atoms with E-state index in [4.69, 9.17) is 8.83 Å². The van der Waals surface area contributed by atoms with Crippen LogP contribution in [0.3, 0.4) is 0 Å². The summed E-state index contributed by atoms with van der Waals surface area (Å²) in [6.45, 7) is 0. The Morgan fingerprint density at radius 2 is 0.781 bits per heavy atom. The minimum absolute atomic E-state index is 0.519. The Labute approximate surface area is 370 Å². The zero-order chi connectivity index (χ0) is 42.2. The molecule has 0 amide bonds. The van der Waals surface area contributed by atoms with Crippen molar-refractivity contribution in [3.63, 3.8) is 0 Å². The molecule has 0 fully saturated rings. The van der Waals surface area contributed by atoms with Crippen LogP contribution in [0, 0.1) is 0 Å². The van der Waals surface area contributed by atoms with Crippen molar-refractivity contribution < 1.29 is 8.83 Å². The van der Waals surface area contributed by atoms with Crippen LogP contribution >= 0.6 is 0 Å². The van der Waals surface area contributed by atoms with Crippen LogP contribution in [0.5, 0.6) is 0 Å². The van der Waals surface area contributed by atoms with E-state index in [9.17, 15) is 0 Å². The van der Waals surface area contributed by atoms with Crippen molar-refractivity contribution in [2.75, 3.05) is 4.90 Å². The summed E-state index contributed by atoms with van der Waals surface area (Å²) in [7, 11) is 0. The normalized spacial score (nSPS) is 12.8. The first kappa shape index (κ1) is 36.3. The molecule has 0 radical (unpaired) electrons. The number of furan rings is 2. The molecule has 64 heavy (non-hydrogen) atoms. The molecule has 13 rings (SSSR count). The van der Waals surface area contributed by atoms with E-state index in [0.717, 1.165) is 72.1 Å². The molecule has 0 atom stereocenters. The lowest BCUT2D eigenvalue weighted by Gasteiger charge is -2.34. The first-order valence-electron chi connectivity index (χ1n) is 21.9. The molecule has 0 N–H and O–H groups in total. The van der Waals surface area contributed by atoms with Crippen LogP contribution in [-0.2, 0) is 5.41 Å². The van der Waals surface area contributed by atoms with Crippen molar-refractivity contribution in [1.82, 2.24) is 0 Å². The molecule has 0 aliphatic heterocycles. The lowest BCUT2D eigenvalue weighted by molar-refractivity contribution is 0.668. The summed E-state index contributed by atoms with van der Waals surface area (Å²) in [6.07, 6.45) is 0. The van der Waals surface area contributed by atoms with Crippen molar-refractivity contribution in [1.29, 1.82) is 0 Å². The van der Waals surface area contributed by atoms with Crippen LogP contribution in [0.2, 0.25) is 0 Å². The Hall–Kier alpha value is -8.40. The van der Waals surface area contributed by atoms with Crippen LogP contribution < -0.4 is 4.90 Å². The predicted molar refractivity (Wildman–Crippen MR) is 264 cm³/mol. The molecule has 0 unspecified atom stereocenters. The van der Waals surface area contributed by atoms with Crippen LogP contribution in [-0.4, -0.2) is 0 Å². The van der Waals surface area contributed by atoms with Crippen LogP contribution in [0.25, 0.3) is 77.3 Å². The summed E-state index contributed by atoms with van der Waals surface area (Å²) in [4.78, 5) is 2.44. The lowest BCUT2D eigenvalue weighted by Crippen LogP contribution is -2.28. The molecular formula is C61H39NO2. The van der Waals surface area contributed by atoms with Gasteiger partial charge in [0.15, 0.2) is 0 Å². The number of nitrogens with zero attached hydrogens (tertiary/aromatic N) is 1. The van der Waals surface area contributed by atoms with Crippen molar-refractivity contribution in [2.45, 2.75) is 5.41 Å². The molecule has 2 heterocycles. The Balaban J connectivity index is 0.963. The van der Waals surface area contributed by atoms with Gasteiger partial charge in [-0.1, -0.05) is 176 Å². The van der Waals surface area contributed by atoms with Gasteiger partial charge in [-0.25, -0.2) is 0 Å². The zero-order valence-electron chi connectivity index (χ0n) is 34.8. The zero-order valence-corrected chi connectivity index (χ0v) is 34.8. The number of fused-ring (bicyclic) bond motifs is 9. The molecule has 300 valence electrons. The Morgan fingerprint density at radius 1 is 0.312 bits per heavy atom. The third-order valence-electron chi connectivity index (χ3n) is 13.4. The second kappa shape index (κ2) is 14.3. The molecule has 3 heteroatoms. The van der Waals surface area contributed by atoms with Gasteiger partial charge >= 0.3 is 0 Å². The standard InChI is InChI=1S/C61H39NO2/c1-3-14-44(15-4-1)61(45-16-5-2-6-17-45)53-21-10-7-20-50(53)60-54(61)22-13-23-55(60)62(47-35-37-59-52(39-47)49-19-9-12-25-57(49)64-59)46-33-30-41(31-34-46)40-26-28-42(29-27-40)43-32-36-58-51(38-43)48-18-8-11-24-56(48)63-58/h1-39H. The number of anilines is 3. The number of rotatable bonds is 7. The molecule has 0 saturated carbocycles. The maximum atomic E-state index is 6.36. The van der Waals surface area contributed by atoms with Crippen molar-refractivity contribution in [3.05, 3.63) is 259 Å². The monoisotopic (exact) mass is 817 g/mol. The molecule has 10 aromatic carbocycles. The van der Waals surface area contributed by atoms with Gasteiger partial charge in [-0.2, -0.15) is 0 Å². The van der Waals surface area contributed by atoms with Crippen LogP contribution in [0.15, 0.2) is 245 Å². The SMILES string of the molecule is c1ccc(C2(c3ccccc3)c3ccccc3-c3c(N(c4ccc(-c5ccc(-c6ccc7oc8ccccc8c7c6)cc5)cc4)c4ccc5oc6ccccc6c5c4)cccc32)cc1. The molecule has 1 aliphatic carbocycles. The third kappa shape index (κ3) is 5.47. The Kier molecular flexibility index (Phi) is 8.13. The van der Waals surface area contributed by atoms with Crippen molar-refractivity contribution in [3.8, 4) is 33.4 Å². The topological polar surface area (TPSA) is 29.5 Å². The molecule has 0 spiro atoms. The molecular weight excluding hydrogens is 779 g/mol. The first-order chi connectivity index (χ1) is 31.7. The first-order valence-corrected chi connectivity index (χ1v) is 21.9. The van der Waals surface area contributed by atoms with Gasteiger partial charge in [0, 0.05) is 38.5 Å². The maximum absolute atomic E-state index is 6.36. The van der Waals surface area contributed by atoms with E-state index in [1.165, 1.54) is 44.5 Å². The number of benzene rings is 10. The van der Waals surface area contributed by atoms with E-state index in [2.05, 4.69) is 217 Å². The van der Waals surface area contributed by atoms with Gasteiger partial charge in [0.2, 0.25) is 0 Å². The van der Waals surface area contributed by atoms with Gasteiger partial charge in [0.05, 0.1) is 11.1 Å². The van der Waals surface area contributed by atoms with Crippen LogP contribution in [0.4, 0.5) is 17.1 Å². The highest BCUT2D eigenvalue weighted by Crippen LogP contribution is 2.59. The van der Waals surface area contributed by atoms with Gasteiger partial charge in [-0.05, 0) is 111 Å². The summed E-state index contributed by atoms with van der Waals surface area (Å²) < 4.78 is 12.5. The largest absolute Gasteiger partial charge is 0.456 e. The fourth-order valence-electron chi connectivity index (χ4n) is 10.5. The predicted octanol–water partition coefficient (Wildman–Crippen LogP) is 16.7. The fourth-order valence-corrected chi connectivity index (χ4v) is 10.5. The number of hydrogen-bond donors (Lipinski definition) is 0. The highest BCUT2D eigenvalue weighted by atomic mass is 16.3. The molecule has 0 bridgehead atoms. The van der Waals surface area contributed by atoms with Gasteiger partial charge in [-0.3, -0.25) is 0 Å². The van der Waals surface area contributed by atoms with E-state index in [-0.39, 0.29) is 0 Å². The van der Waals surface area contributed by atoms with Crippen molar-refractivity contribution >= 4 is 60.9 Å². The van der Waals surface area contributed by atoms with Gasteiger partial charge in [0.1, 0.15) is 22.3 Å². The highest BCUT2D eigenvalue weighted by Gasteiger charge is 2.47. The minimum atomic E-state index is -0.519. The summed E-state index contributed by atoms with van der Waals surface area (Å²) >= 11 is 0. The smallest absolute Gasteiger partial charge is 0.135 e. The molecule has 2 aromatic heterocycles. The van der Waals surface area contributed by atoms with Gasteiger partial charge in [0.25, 0.3) is 0 Å². The second-order valence-electron chi connectivity index (χ2n) is 16.8. The summed E-state index contributed by atoms with van der Waals surface area (Å²) in [5, 5.41) is 4.47. The summed E-state index contributed by atoms with van der Waals surface area (Å²) in [6, 6.07) is 85.4. The fraction of sp³-hybridized carbons (Fsp3) is 0.0164. The average Bonchev–Trinajstić information content (AvgIpc) is 4.03. The number of para-hydroxylation sites is 2. The van der Waals surface area contributed by atoms with Gasteiger partial charge < -0.3 is 13.7 Å². The lowest BCUT2D eigenvalue weighted by atomic mass is 9.68. The molecule has 0 saturated heterocycles. The summed E-state index contributed by atoms with van der Waals surface area (Å²) in [5.74, 6) is 0. The van der Waals surface area contributed by atoms with E-state index in [1.54, 1.807) is 0 Å². The quantitative estimate of drug-likeness (QED) is 0.160. The maximum Gasteiger partial charge on any atom is 0.135 e. The summed E-state index contributed by atoms with van der Waals surface area (Å²) in [5.41, 5.74) is 18.4. The average molecular weight is 818 g/mol. The van der Waals surface area contributed by atoms with E-state index >= 15 is 0 Å². The minimum Gasteiger partial charge on any atom is -0.456 e. The molecule has 12 aromatic rings. The van der Waals surface area contributed by atoms with Crippen molar-refractivity contribution in [2.24, 2.45) is 0 Å². The Bertz CT molecular complexity index is 3670.